The maximum absolute atomic E-state index is 14.5. The minimum absolute atomic E-state index is 0.103. The monoisotopic (exact) mass is 448 g/mol. The van der Waals surface area contributed by atoms with Gasteiger partial charge in [0.2, 0.25) is 0 Å². The van der Waals surface area contributed by atoms with Gasteiger partial charge in [0.25, 0.3) is 5.91 Å². The molecule has 4 unspecified atom stereocenters. The lowest BCUT2D eigenvalue weighted by Crippen LogP contribution is -2.49. The van der Waals surface area contributed by atoms with Crippen molar-refractivity contribution in [1.29, 1.82) is 0 Å². The molecule has 6 nitrogen and oxygen atoms in total. The number of rotatable bonds is 4. The van der Waals surface area contributed by atoms with E-state index >= 15 is 0 Å². The van der Waals surface area contributed by atoms with Crippen molar-refractivity contribution in [3.63, 3.8) is 0 Å². The number of carbonyl (C=O) groups excluding carboxylic acids is 1. The van der Waals surface area contributed by atoms with Gasteiger partial charge < -0.3 is 15.4 Å². The lowest BCUT2D eigenvalue weighted by Gasteiger charge is -2.35. The third-order valence-corrected chi connectivity index (χ3v) is 5.91. The SMILES string of the molecule is COc1cccc(F)c1C1CC2C(CN1)NNC2NC(=O)c1cccc(Br)c1. The summed E-state index contributed by atoms with van der Waals surface area (Å²) in [6, 6.07) is 12.1. The fourth-order valence-electron chi connectivity index (χ4n) is 4.02. The Morgan fingerprint density at radius 3 is 2.86 bits per heavy atom. The number of benzene rings is 2. The van der Waals surface area contributed by atoms with Crippen molar-refractivity contribution in [3.05, 3.63) is 63.9 Å². The van der Waals surface area contributed by atoms with Gasteiger partial charge in [-0.05, 0) is 36.8 Å². The molecule has 4 atom stereocenters. The summed E-state index contributed by atoms with van der Waals surface area (Å²) >= 11 is 3.39. The van der Waals surface area contributed by atoms with Crippen molar-refractivity contribution in [2.75, 3.05) is 13.7 Å². The largest absolute Gasteiger partial charge is 0.496 e. The number of nitrogens with one attached hydrogen (secondary N) is 4. The van der Waals surface area contributed by atoms with Crippen molar-refractivity contribution < 1.29 is 13.9 Å². The lowest BCUT2D eigenvalue weighted by molar-refractivity contribution is 0.0913. The Balaban J connectivity index is 1.51. The first-order valence-electron chi connectivity index (χ1n) is 9.20. The fraction of sp³-hybridized carbons (Fsp3) is 0.350. The van der Waals surface area contributed by atoms with Gasteiger partial charge in [0.15, 0.2) is 0 Å². The summed E-state index contributed by atoms with van der Waals surface area (Å²) in [5, 5.41) is 6.44. The summed E-state index contributed by atoms with van der Waals surface area (Å²) in [6.45, 7) is 0.656. The van der Waals surface area contributed by atoms with Crippen LogP contribution in [0, 0.1) is 11.7 Å². The van der Waals surface area contributed by atoms with Gasteiger partial charge in [-0.2, -0.15) is 0 Å². The molecule has 0 aliphatic carbocycles. The molecule has 1 amide bonds. The van der Waals surface area contributed by atoms with Crippen LogP contribution in [0.15, 0.2) is 46.9 Å². The molecule has 0 spiro atoms. The maximum Gasteiger partial charge on any atom is 0.252 e. The van der Waals surface area contributed by atoms with E-state index in [1.54, 1.807) is 31.4 Å². The number of hydrogen-bond donors (Lipinski definition) is 4. The van der Waals surface area contributed by atoms with Crippen molar-refractivity contribution in [2.45, 2.75) is 24.7 Å². The van der Waals surface area contributed by atoms with Gasteiger partial charge in [-0.25, -0.2) is 9.82 Å². The second kappa shape index (κ2) is 8.16. The highest BCUT2D eigenvalue weighted by molar-refractivity contribution is 9.10. The number of hydrogen-bond acceptors (Lipinski definition) is 5. The molecule has 2 aliphatic heterocycles. The Bertz CT molecular complexity index is 881. The maximum atomic E-state index is 14.5. The summed E-state index contributed by atoms with van der Waals surface area (Å²) in [4.78, 5) is 12.6. The van der Waals surface area contributed by atoms with Crippen LogP contribution in [0.1, 0.15) is 28.4 Å². The summed E-state index contributed by atoms with van der Waals surface area (Å²) in [5.41, 5.74) is 7.52. The second-order valence-corrected chi connectivity index (χ2v) is 7.99. The van der Waals surface area contributed by atoms with Gasteiger partial charge in [-0.3, -0.25) is 10.2 Å². The molecule has 2 aliphatic rings. The van der Waals surface area contributed by atoms with Crippen molar-refractivity contribution in [3.8, 4) is 5.75 Å². The lowest BCUT2D eigenvalue weighted by atomic mass is 9.84. The van der Waals surface area contributed by atoms with Gasteiger partial charge in [-0.1, -0.05) is 28.1 Å². The Morgan fingerprint density at radius 2 is 2.07 bits per heavy atom. The molecule has 8 heteroatoms. The average Bonchev–Trinajstić information content (AvgIpc) is 3.09. The zero-order valence-corrected chi connectivity index (χ0v) is 16.9. The second-order valence-electron chi connectivity index (χ2n) is 7.07. The number of carbonyl (C=O) groups is 1. The van der Waals surface area contributed by atoms with E-state index in [1.807, 2.05) is 12.1 Å². The molecule has 0 saturated carbocycles. The molecule has 4 rings (SSSR count). The van der Waals surface area contributed by atoms with Crippen LogP contribution >= 0.6 is 15.9 Å². The highest BCUT2D eigenvalue weighted by atomic mass is 79.9. The van der Waals surface area contributed by atoms with Crippen LogP contribution in [-0.2, 0) is 0 Å². The summed E-state index contributed by atoms with van der Waals surface area (Å²) in [5.74, 6) is 0.194. The highest BCUT2D eigenvalue weighted by Gasteiger charge is 2.42. The number of halogens is 2. The number of amides is 1. The van der Waals surface area contributed by atoms with Gasteiger partial charge in [0.1, 0.15) is 11.6 Å². The van der Waals surface area contributed by atoms with E-state index in [0.717, 1.165) is 4.47 Å². The Labute approximate surface area is 171 Å². The van der Waals surface area contributed by atoms with Crippen LogP contribution in [0.25, 0.3) is 0 Å². The standard InChI is InChI=1S/C20H22BrFN4O2/c1-28-17-7-3-6-14(22)18(17)15-9-13-16(10-23-15)25-26-19(13)24-20(27)11-4-2-5-12(21)8-11/h2-8,13,15-16,19,23,25-26H,9-10H2,1H3,(H,24,27). The molecule has 2 heterocycles. The Morgan fingerprint density at radius 1 is 1.25 bits per heavy atom. The first kappa shape index (κ1) is 19.3. The zero-order chi connectivity index (χ0) is 19.7. The van der Waals surface area contributed by atoms with Crippen LogP contribution < -0.4 is 26.2 Å². The predicted molar refractivity (Wildman–Crippen MR) is 107 cm³/mol. The number of ether oxygens (including phenoxy) is 1. The van der Waals surface area contributed by atoms with Crippen LogP contribution in [0.2, 0.25) is 0 Å². The van der Waals surface area contributed by atoms with Crippen LogP contribution in [0.3, 0.4) is 0 Å². The Kier molecular flexibility index (Phi) is 5.63. The minimum atomic E-state index is -0.288. The van der Waals surface area contributed by atoms with E-state index in [9.17, 15) is 9.18 Å². The molecular weight excluding hydrogens is 427 g/mol. The number of methoxy groups -OCH3 is 1. The third kappa shape index (κ3) is 3.77. The molecule has 2 fully saturated rings. The quantitative estimate of drug-likeness (QED) is 0.578. The van der Waals surface area contributed by atoms with Crippen LogP contribution in [0.4, 0.5) is 4.39 Å². The van der Waals surface area contributed by atoms with E-state index in [-0.39, 0.29) is 35.9 Å². The van der Waals surface area contributed by atoms with Crippen LogP contribution in [-0.4, -0.2) is 31.8 Å². The van der Waals surface area contributed by atoms with Crippen molar-refractivity contribution in [2.24, 2.45) is 5.92 Å². The molecule has 2 saturated heterocycles. The Hall–Kier alpha value is -2.00. The summed E-state index contributed by atoms with van der Waals surface area (Å²) < 4.78 is 20.7. The van der Waals surface area contributed by atoms with E-state index in [0.29, 0.717) is 29.8 Å². The average molecular weight is 449 g/mol. The van der Waals surface area contributed by atoms with Crippen molar-refractivity contribution in [1.82, 2.24) is 21.5 Å². The third-order valence-electron chi connectivity index (χ3n) is 5.42. The van der Waals surface area contributed by atoms with Crippen LogP contribution in [0.5, 0.6) is 5.75 Å². The molecule has 2 aromatic rings. The minimum Gasteiger partial charge on any atom is -0.496 e. The van der Waals surface area contributed by atoms with Gasteiger partial charge >= 0.3 is 0 Å². The van der Waals surface area contributed by atoms with Gasteiger partial charge in [0, 0.05) is 40.1 Å². The topological polar surface area (TPSA) is 74.4 Å². The molecule has 0 aromatic heterocycles. The van der Waals surface area contributed by atoms with E-state index in [4.69, 9.17) is 4.74 Å². The summed E-state index contributed by atoms with van der Waals surface area (Å²) in [7, 11) is 1.55. The number of hydrazine groups is 1. The van der Waals surface area contributed by atoms with Gasteiger partial charge in [-0.15, -0.1) is 0 Å². The predicted octanol–water partition coefficient (Wildman–Crippen LogP) is 2.48. The summed E-state index contributed by atoms with van der Waals surface area (Å²) in [6.07, 6.45) is 0.407. The number of piperidine rings is 1. The molecule has 4 N–H and O–H groups in total. The zero-order valence-electron chi connectivity index (χ0n) is 15.3. The first-order valence-corrected chi connectivity index (χ1v) is 9.99. The smallest absolute Gasteiger partial charge is 0.252 e. The van der Waals surface area contributed by atoms with E-state index < -0.39 is 0 Å². The van der Waals surface area contributed by atoms with E-state index in [1.165, 1.54) is 6.07 Å². The van der Waals surface area contributed by atoms with E-state index in [2.05, 4.69) is 37.4 Å². The van der Waals surface area contributed by atoms with Crippen molar-refractivity contribution >= 4 is 21.8 Å². The molecule has 0 bridgehead atoms. The molecule has 2 aromatic carbocycles. The normalized spacial score (nSPS) is 26.5. The van der Waals surface area contributed by atoms with Gasteiger partial charge in [0.05, 0.1) is 13.3 Å². The fourth-order valence-corrected chi connectivity index (χ4v) is 4.42. The first-order chi connectivity index (χ1) is 13.6. The molecule has 148 valence electrons. The molecule has 0 radical (unpaired) electrons. The molecular formula is C20H22BrFN4O2. The number of fused-ring (bicyclic) bond motifs is 1. The highest BCUT2D eigenvalue weighted by Crippen LogP contribution is 2.36. The molecule has 28 heavy (non-hydrogen) atoms.